The van der Waals surface area contributed by atoms with Crippen molar-refractivity contribution in [3.05, 3.63) is 33.4 Å². The SMILES string of the molecule is N#CCCN(CCC#N)C(=O)COC(=O)CNC(=O)c1ccccc1I. The zero-order valence-electron chi connectivity index (χ0n) is 13.9. The number of halogens is 1. The summed E-state index contributed by atoms with van der Waals surface area (Å²) in [4.78, 5) is 37.0. The predicted molar refractivity (Wildman–Crippen MR) is 99.5 cm³/mol. The van der Waals surface area contributed by atoms with Crippen LogP contribution in [0.25, 0.3) is 0 Å². The van der Waals surface area contributed by atoms with E-state index in [2.05, 4.69) is 5.32 Å². The number of hydrogen-bond acceptors (Lipinski definition) is 6. The summed E-state index contributed by atoms with van der Waals surface area (Å²) in [5, 5.41) is 19.6. The van der Waals surface area contributed by atoms with E-state index in [0.717, 1.165) is 3.57 Å². The van der Waals surface area contributed by atoms with E-state index in [-0.39, 0.29) is 32.5 Å². The van der Waals surface area contributed by atoms with Gasteiger partial charge in [0.05, 0.1) is 30.5 Å². The third kappa shape index (κ3) is 7.49. The lowest BCUT2D eigenvalue weighted by Gasteiger charge is -2.20. The lowest BCUT2D eigenvalue weighted by molar-refractivity contribution is -0.151. The Bertz CT molecular complexity index is 721. The number of carbonyl (C=O) groups is 3. The standard InChI is InChI=1S/C17H17IN4O4/c18-14-6-2-1-5-13(14)17(25)21-11-16(24)26-12-15(23)22(9-3-7-19)10-4-8-20/h1-2,5-6H,3-4,9-12H2,(H,21,25). The highest BCUT2D eigenvalue weighted by molar-refractivity contribution is 14.1. The molecule has 136 valence electrons. The fourth-order valence-corrected chi connectivity index (χ4v) is 2.54. The maximum absolute atomic E-state index is 12.0. The Morgan fingerprint density at radius 2 is 1.73 bits per heavy atom. The predicted octanol–water partition coefficient (Wildman–Crippen LogP) is 1.22. The highest BCUT2D eigenvalue weighted by Gasteiger charge is 2.16. The second kappa shape index (κ2) is 11.8. The van der Waals surface area contributed by atoms with E-state index in [0.29, 0.717) is 5.56 Å². The van der Waals surface area contributed by atoms with Gasteiger partial charge in [0.1, 0.15) is 6.54 Å². The van der Waals surface area contributed by atoms with Crippen LogP contribution in [0, 0.1) is 26.2 Å². The molecule has 8 nitrogen and oxygen atoms in total. The maximum atomic E-state index is 12.0. The number of ether oxygens (including phenoxy) is 1. The first kappa shape index (κ1) is 21.4. The molecule has 0 unspecified atom stereocenters. The number of esters is 1. The molecule has 1 rings (SSSR count). The Morgan fingerprint density at radius 1 is 1.12 bits per heavy atom. The van der Waals surface area contributed by atoms with Gasteiger partial charge in [-0.15, -0.1) is 0 Å². The zero-order valence-corrected chi connectivity index (χ0v) is 16.1. The first-order valence-electron chi connectivity index (χ1n) is 7.69. The van der Waals surface area contributed by atoms with Crippen LogP contribution in [0.15, 0.2) is 24.3 Å². The topological polar surface area (TPSA) is 123 Å². The monoisotopic (exact) mass is 468 g/mol. The van der Waals surface area contributed by atoms with E-state index in [1.807, 2.05) is 34.7 Å². The van der Waals surface area contributed by atoms with Gasteiger partial charge < -0.3 is 15.0 Å². The molecule has 0 spiro atoms. The molecule has 1 aromatic rings. The van der Waals surface area contributed by atoms with Crippen LogP contribution in [0.1, 0.15) is 23.2 Å². The largest absolute Gasteiger partial charge is 0.454 e. The van der Waals surface area contributed by atoms with E-state index in [9.17, 15) is 14.4 Å². The Morgan fingerprint density at radius 3 is 2.31 bits per heavy atom. The first-order valence-corrected chi connectivity index (χ1v) is 8.77. The van der Waals surface area contributed by atoms with Crippen molar-refractivity contribution in [3.63, 3.8) is 0 Å². The number of carbonyl (C=O) groups excluding carboxylic acids is 3. The van der Waals surface area contributed by atoms with Crippen molar-refractivity contribution < 1.29 is 19.1 Å². The summed E-state index contributed by atoms with van der Waals surface area (Å²) < 4.78 is 5.60. The lowest BCUT2D eigenvalue weighted by atomic mass is 10.2. The van der Waals surface area contributed by atoms with Crippen LogP contribution in [0.2, 0.25) is 0 Å². The summed E-state index contributed by atoms with van der Waals surface area (Å²) in [6.07, 6.45) is 0.244. The van der Waals surface area contributed by atoms with Crippen LogP contribution in [0.4, 0.5) is 0 Å². The normalized spacial score (nSPS) is 9.50. The van der Waals surface area contributed by atoms with Gasteiger partial charge in [0.15, 0.2) is 6.61 Å². The zero-order chi connectivity index (χ0) is 19.4. The number of nitrogens with zero attached hydrogens (tertiary/aromatic N) is 3. The molecular weight excluding hydrogens is 451 g/mol. The van der Waals surface area contributed by atoms with Gasteiger partial charge in [-0.3, -0.25) is 14.4 Å². The van der Waals surface area contributed by atoms with Crippen LogP contribution < -0.4 is 5.32 Å². The van der Waals surface area contributed by atoms with Crippen LogP contribution in [0.5, 0.6) is 0 Å². The summed E-state index contributed by atoms with van der Waals surface area (Å²) in [5.41, 5.74) is 0.441. The van der Waals surface area contributed by atoms with Crippen molar-refractivity contribution in [1.82, 2.24) is 10.2 Å². The number of rotatable bonds is 9. The molecule has 0 aliphatic heterocycles. The molecule has 0 aromatic heterocycles. The smallest absolute Gasteiger partial charge is 0.325 e. The van der Waals surface area contributed by atoms with Crippen molar-refractivity contribution >= 4 is 40.4 Å². The molecule has 0 atom stereocenters. The van der Waals surface area contributed by atoms with Gasteiger partial charge in [0, 0.05) is 16.7 Å². The van der Waals surface area contributed by atoms with Crippen molar-refractivity contribution in [2.24, 2.45) is 0 Å². The van der Waals surface area contributed by atoms with Crippen LogP contribution in [-0.4, -0.2) is 48.9 Å². The molecule has 0 saturated heterocycles. The highest BCUT2D eigenvalue weighted by Crippen LogP contribution is 2.10. The Balaban J connectivity index is 2.43. The van der Waals surface area contributed by atoms with Gasteiger partial charge in [-0.25, -0.2) is 0 Å². The molecule has 1 N–H and O–H groups in total. The summed E-state index contributed by atoms with van der Waals surface area (Å²) >= 11 is 2.01. The molecule has 0 bridgehead atoms. The molecule has 0 heterocycles. The van der Waals surface area contributed by atoms with Gasteiger partial charge in [-0.2, -0.15) is 10.5 Å². The van der Waals surface area contributed by atoms with Crippen molar-refractivity contribution in [1.29, 1.82) is 10.5 Å². The fourth-order valence-electron chi connectivity index (χ4n) is 1.91. The molecule has 0 fully saturated rings. The Hall–Kier alpha value is -2.66. The minimum absolute atomic E-state index is 0.122. The maximum Gasteiger partial charge on any atom is 0.325 e. The fraction of sp³-hybridized carbons (Fsp3) is 0.353. The van der Waals surface area contributed by atoms with E-state index in [1.54, 1.807) is 24.3 Å². The van der Waals surface area contributed by atoms with E-state index < -0.39 is 24.4 Å². The van der Waals surface area contributed by atoms with Crippen LogP contribution >= 0.6 is 22.6 Å². The molecular formula is C17H17IN4O4. The van der Waals surface area contributed by atoms with Crippen LogP contribution in [0.3, 0.4) is 0 Å². The Kier molecular flexibility index (Phi) is 9.72. The number of nitrogens with one attached hydrogen (secondary N) is 1. The lowest BCUT2D eigenvalue weighted by Crippen LogP contribution is -2.37. The molecule has 0 aliphatic carbocycles. The first-order chi connectivity index (χ1) is 12.5. The van der Waals surface area contributed by atoms with Gasteiger partial charge in [-0.05, 0) is 34.7 Å². The van der Waals surface area contributed by atoms with Crippen LogP contribution in [-0.2, 0) is 14.3 Å². The molecule has 1 aromatic carbocycles. The Labute approximate surface area is 164 Å². The number of benzene rings is 1. The molecule has 2 amide bonds. The van der Waals surface area contributed by atoms with E-state index >= 15 is 0 Å². The number of nitriles is 2. The molecule has 0 radical (unpaired) electrons. The second-order valence-corrected chi connectivity index (χ2v) is 6.18. The molecule has 9 heteroatoms. The third-order valence-electron chi connectivity index (χ3n) is 3.21. The third-order valence-corrected chi connectivity index (χ3v) is 4.15. The molecule has 26 heavy (non-hydrogen) atoms. The van der Waals surface area contributed by atoms with E-state index in [1.165, 1.54) is 4.90 Å². The second-order valence-electron chi connectivity index (χ2n) is 5.02. The minimum Gasteiger partial charge on any atom is -0.454 e. The summed E-state index contributed by atoms with van der Waals surface area (Å²) in [6.45, 7) is -0.544. The quantitative estimate of drug-likeness (QED) is 0.430. The van der Waals surface area contributed by atoms with Gasteiger partial charge in [-0.1, -0.05) is 12.1 Å². The van der Waals surface area contributed by atoms with Gasteiger partial charge >= 0.3 is 5.97 Å². The number of hydrogen-bond donors (Lipinski definition) is 1. The van der Waals surface area contributed by atoms with Gasteiger partial charge in [0.25, 0.3) is 11.8 Å². The average Bonchev–Trinajstić information content (AvgIpc) is 2.64. The molecule has 0 aliphatic rings. The summed E-state index contributed by atoms with van der Waals surface area (Å²) in [6, 6.07) is 10.7. The van der Waals surface area contributed by atoms with E-state index in [4.69, 9.17) is 15.3 Å². The highest BCUT2D eigenvalue weighted by atomic mass is 127. The summed E-state index contributed by atoms with van der Waals surface area (Å²) in [7, 11) is 0. The van der Waals surface area contributed by atoms with Crippen molar-refractivity contribution in [3.8, 4) is 12.1 Å². The van der Waals surface area contributed by atoms with Gasteiger partial charge in [0.2, 0.25) is 0 Å². The van der Waals surface area contributed by atoms with Crippen molar-refractivity contribution in [2.75, 3.05) is 26.2 Å². The van der Waals surface area contributed by atoms with Crippen molar-refractivity contribution in [2.45, 2.75) is 12.8 Å². The minimum atomic E-state index is -0.752. The molecule has 0 saturated carbocycles. The number of amides is 2. The average molecular weight is 468 g/mol. The summed E-state index contributed by atoms with van der Waals surface area (Å²) in [5.74, 6) is -1.66.